The second kappa shape index (κ2) is 7.03. The maximum Gasteiger partial charge on any atom is 0.210 e. The summed E-state index contributed by atoms with van der Waals surface area (Å²) in [7, 11) is 0. The van der Waals surface area contributed by atoms with Gasteiger partial charge in [0.05, 0.1) is 36.1 Å². The molecule has 0 spiro atoms. The van der Waals surface area contributed by atoms with Crippen molar-refractivity contribution >= 4 is 6.29 Å². The van der Waals surface area contributed by atoms with Gasteiger partial charge < -0.3 is 50.0 Å². The zero-order valence-corrected chi connectivity index (χ0v) is 14.5. The number of aliphatic hydroxyl groups is 7. The maximum atomic E-state index is 11.3. The molecule has 27 heavy (non-hydrogen) atoms. The summed E-state index contributed by atoms with van der Waals surface area (Å²) in [6, 6.07) is 0. The Kier molecular flexibility index (Phi) is 5.36. The van der Waals surface area contributed by atoms with Crippen LogP contribution in [0.3, 0.4) is 0 Å². The van der Waals surface area contributed by atoms with E-state index in [4.69, 9.17) is 14.2 Å². The van der Waals surface area contributed by atoms with Gasteiger partial charge in [-0.3, -0.25) is 4.79 Å². The number of carbonyl (C=O) groups is 1. The topological polar surface area (TPSA) is 186 Å². The van der Waals surface area contributed by atoms with Gasteiger partial charge in [-0.1, -0.05) is 0 Å². The van der Waals surface area contributed by atoms with Gasteiger partial charge in [-0.25, -0.2) is 0 Å². The maximum absolute atomic E-state index is 11.3. The number of hydrogen-bond acceptors (Lipinski definition) is 11. The Balaban J connectivity index is 1.88. The van der Waals surface area contributed by atoms with Crippen LogP contribution >= 0.6 is 0 Å². The van der Waals surface area contributed by atoms with Gasteiger partial charge in [-0.2, -0.15) is 0 Å². The van der Waals surface area contributed by atoms with Gasteiger partial charge in [-0.05, 0) is 6.92 Å². The highest BCUT2D eigenvalue weighted by molar-refractivity contribution is 5.77. The number of aliphatic hydroxyl groups excluding tert-OH is 5. The Morgan fingerprint density at radius 2 is 1.85 bits per heavy atom. The molecule has 10 atom stereocenters. The quantitative estimate of drug-likeness (QED) is 0.232. The van der Waals surface area contributed by atoms with E-state index in [9.17, 15) is 40.5 Å². The van der Waals surface area contributed by atoms with Crippen molar-refractivity contribution in [3.05, 3.63) is 11.8 Å². The first-order valence-electron chi connectivity index (χ1n) is 8.48. The van der Waals surface area contributed by atoms with Crippen molar-refractivity contribution in [3.8, 4) is 0 Å². The molecule has 0 amide bonds. The summed E-state index contributed by atoms with van der Waals surface area (Å²) < 4.78 is 16.0. The van der Waals surface area contributed by atoms with Gasteiger partial charge in [0, 0.05) is 6.42 Å². The van der Waals surface area contributed by atoms with Crippen LogP contribution in [0.5, 0.6) is 0 Å². The molecule has 2 fully saturated rings. The van der Waals surface area contributed by atoms with Crippen molar-refractivity contribution in [1.29, 1.82) is 0 Å². The minimum absolute atomic E-state index is 0.196. The lowest BCUT2D eigenvalue weighted by Crippen LogP contribution is -2.62. The van der Waals surface area contributed by atoms with Crippen LogP contribution in [-0.4, -0.2) is 103 Å². The van der Waals surface area contributed by atoms with Crippen molar-refractivity contribution in [1.82, 2.24) is 0 Å². The summed E-state index contributed by atoms with van der Waals surface area (Å²) in [5.74, 6) is -1.34. The molecule has 154 valence electrons. The highest BCUT2D eigenvalue weighted by Crippen LogP contribution is 2.51. The Morgan fingerprint density at radius 1 is 1.19 bits per heavy atom. The summed E-state index contributed by atoms with van der Waals surface area (Å²) in [5, 5.41) is 70.7. The van der Waals surface area contributed by atoms with E-state index in [0.29, 0.717) is 6.29 Å². The largest absolute Gasteiger partial charge is 0.471 e. The Bertz CT molecular complexity index is 605. The van der Waals surface area contributed by atoms with E-state index in [-0.39, 0.29) is 12.0 Å². The molecule has 2 aliphatic heterocycles. The third kappa shape index (κ3) is 3.09. The second-order valence-electron chi connectivity index (χ2n) is 7.38. The Labute approximate surface area is 154 Å². The lowest BCUT2D eigenvalue weighted by molar-refractivity contribution is -0.352. The van der Waals surface area contributed by atoms with Crippen LogP contribution in [0.4, 0.5) is 0 Å². The minimum Gasteiger partial charge on any atom is -0.471 e. The lowest BCUT2D eigenvalue weighted by Gasteiger charge is -2.46. The molecule has 11 nitrogen and oxygen atoms in total. The fourth-order valence-electron chi connectivity index (χ4n) is 3.99. The van der Waals surface area contributed by atoms with Crippen molar-refractivity contribution in [2.45, 2.75) is 67.6 Å². The molecule has 11 heteroatoms. The number of fused-ring (bicyclic) bond motifs is 1. The molecule has 3 aliphatic rings. The van der Waals surface area contributed by atoms with Crippen LogP contribution in [0.15, 0.2) is 11.8 Å². The van der Waals surface area contributed by atoms with Crippen molar-refractivity contribution in [3.63, 3.8) is 0 Å². The van der Waals surface area contributed by atoms with Crippen LogP contribution in [0.1, 0.15) is 13.3 Å². The van der Waals surface area contributed by atoms with Crippen LogP contribution in [-0.2, 0) is 19.0 Å². The van der Waals surface area contributed by atoms with Crippen LogP contribution in [0.25, 0.3) is 0 Å². The molecule has 0 radical (unpaired) electrons. The van der Waals surface area contributed by atoms with Gasteiger partial charge in [-0.15, -0.1) is 0 Å². The summed E-state index contributed by atoms with van der Waals surface area (Å²) in [5.41, 5.74) is -4.07. The molecule has 0 aromatic rings. The molecule has 7 N–H and O–H groups in total. The number of hydrogen-bond donors (Lipinski definition) is 7. The van der Waals surface area contributed by atoms with Crippen molar-refractivity contribution < 1.29 is 54.8 Å². The standard InChI is InChI=1S/C16H24O11/c1-15(23)8(19)2-16(24)6(3-17)5-25-14(12(15)16)27-13-11(22)10(21)9(20)7(4-18)26-13/h3,5,7-14,18-24H,2,4H2,1H3. The van der Waals surface area contributed by atoms with E-state index in [2.05, 4.69) is 0 Å². The molecule has 3 rings (SSSR count). The first-order chi connectivity index (χ1) is 12.6. The van der Waals surface area contributed by atoms with E-state index < -0.39 is 66.8 Å². The predicted octanol–water partition coefficient (Wildman–Crippen LogP) is -3.90. The highest BCUT2D eigenvalue weighted by atomic mass is 16.8. The number of ether oxygens (including phenoxy) is 3. The summed E-state index contributed by atoms with van der Waals surface area (Å²) in [4.78, 5) is 11.3. The molecule has 1 saturated heterocycles. The molecule has 0 aromatic carbocycles. The van der Waals surface area contributed by atoms with Gasteiger partial charge >= 0.3 is 0 Å². The minimum atomic E-state index is -1.96. The summed E-state index contributed by atoms with van der Waals surface area (Å²) in [6.45, 7) is 0.566. The van der Waals surface area contributed by atoms with Crippen LogP contribution < -0.4 is 0 Å². The van der Waals surface area contributed by atoms with Crippen LogP contribution in [0.2, 0.25) is 0 Å². The SMILES string of the molecule is CC1(O)C(O)CC2(O)C(C=O)=COC(OC3OC(CO)C(O)C(O)C3O)C21. The lowest BCUT2D eigenvalue weighted by atomic mass is 9.78. The Hall–Kier alpha value is -1.15. The second-order valence-corrected chi connectivity index (χ2v) is 7.38. The Morgan fingerprint density at radius 3 is 2.44 bits per heavy atom. The fraction of sp³-hybridized carbons (Fsp3) is 0.812. The molecule has 1 saturated carbocycles. The molecule has 0 bridgehead atoms. The first-order valence-corrected chi connectivity index (χ1v) is 8.48. The highest BCUT2D eigenvalue weighted by Gasteiger charge is 2.66. The number of carbonyl (C=O) groups excluding carboxylic acids is 1. The monoisotopic (exact) mass is 392 g/mol. The third-order valence-corrected chi connectivity index (χ3v) is 5.67. The van der Waals surface area contributed by atoms with Gasteiger partial charge in [0.15, 0.2) is 12.6 Å². The molecule has 10 unspecified atom stereocenters. The van der Waals surface area contributed by atoms with Crippen molar-refractivity contribution in [2.24, 2.45) is 5.92 Å². The van der Waals surface area contributed by atoms with E-state index in [1.54, 1.807) is 0 Å². The van der Waals surface area contributed by atoms with E-state index >= 15 is 0 Å². The van der Waals surface area contributed by atoms with Crippen LogP contribution in [0, 0.1) is 5.92 Å². The van der Waals surface area contributed by atoms with Crippen molar-refractivity contribution in [2.75, 3.05) is 6.61 Å². The fourth-order valence-corrected chi connectivity index (χ4v) is 3.99. The zero-order valence-electron chi connectivity index (χ0n) is 14.5. The van der Waals surface area contributed by atoms with Gasteiger partial charge in [0.25, 0.3) is 0 Å². The van der Waals surface area contributed by atoms with Gasteiger partial charge in [0.1, 0.15) is 30.0 Å². The average molecular weight is 392 g/mol. The van der Waals surface area contributed by atoms with Gasteiger partial charge in [0.2, 0.25) is 6.29 Å². The average Bonchev–Trinajstić information content (AvgIpc) is 2.80. The summed E-state index contributed by atoms with van der Waals surface area (Å²) >= 11 is 0. The predicted molar refractivity (Wildman–Crippen MR) is 83.6 cm³/mol. The smallest absolute Gasteiger partial charge is 0.210 e. The molecular formula is C16H24O11. The van der Waals surface area contributed by atoms with E-state index in [0.717, 1.165) is 6.26 Å². The normalized spacial score (nSPS) is 52.7. The zero-order chi connectivity index (χ0) is 20.1. The third-order valence-electron chi connectivity index (χ3n) is 5.67. The summed E-state index contributed by atoms with van der Waals surface area (Å²) in [6.07, 6.45) is -9.81. The number of rotatable bonds is 4. The molecule has 1 aliphatic carbocycles. The first kappa shape index (κ1) is 20.6. The van der Waals surface area contributed by atoms with E-state index in [1.165, 1.54) is 6.92 Å². The number of aldehydes is 1. The molecular weight excluding hydrogens is 368 g/mol. The molecule has 2 heterocycles. The van der Waals surface area contributed by atoms with E-state index in [1.807, 2.05) is 0 Å². The molecule has 0 aromatic heterocycles.